The van der Waals surface area contributed by atoms with Crippen molar-refractivity contribution in [1.29, 1.82) is 0 Å². The van der Waals surface area contributed by atoms with Gasteiger partial charge in [-0.05, 0) is 48.6 Å². The zero-order valence-electron chi connectivity index (χ0n) is 16.2. The van der Waals surface area contributed by atoms with Crippen molar-refractivity contribution in [2.24, 2.45) is 0 Å². The van der Waals surface area contributed by atoms with Gasteiger partial charge >= 0.3 is 6.03 Å². The third kappa shape index (κ3) is 4.01. The number of ether oxygens (including phenoxy) is 1. The van der Waals surface area contributed by atoms with Gasteiger partial charge in [0.2, 0.25) is 5.91 Å². The maximum atomic E-state index is 13.0. The van der Waals surface area contributed by atoms with Gasteiger partial charge in [-0.1, -0.05) is 36.4 Å². The summed E-state index contributed by atoms with van der Waals surface area (Å²) in [7, 11) is 1.59. The summed E-state index contributed by atoms with van der Waals surface area (Å²) >= 11 is 0. The molecule has 1 aliphatic heterocycles. The number of hydrogen-bond donors (Lipinski definition) is 2. The number of nitrogens with zero attached hydrogens (tertiary/aromatic N) is 1. The fourth-order valence-electron chi connectivity index (χ4n) is 3.70. The van der Waals surface area contributed by atoms with Gasteiger partial charge in [0.1, 0.15) is 11.8 Å². The minimum absolute atomic E-state index is 0.163. The Hall–Kier alpha value is -3.54. The zero-order chi connectivity index (χ0) is 20.2. The lowest BCUT2D eigenvalue weighted by atomic mass is 10.1. The van der Waals surface area contributed by atoms with Gasteiger partial charge in [0.15, 0.2) is 0 Å². The number of urea groups is 1. The highest BCUT2D eigenvalue weighted by Gasteiger charge is 2.34. The van der Waals surface area contributed by atoms with E-state index in [4.69, 9.17) is 4.74 Å². The molecule has 4 rings (SSSR count). The van der Waals surface area contributed by atoms with E-state index < -0.39 is 6.04 Å². The van der Waals surface area contributed by atoms with Crippen molar-refractivity contribution in [3.8, 4) is 5.75 Å². The Morgan fingerprint density at radius 1 is 0.966 bits per heavy atom. The molecule has 2 N–H and O–H groups in total. The summed E-state index contributed by atoms with van der Waals surface area (Å²) in [5.41, 5.74) is 1.42. The summed E-state index contributed by atoms with van der Waals surface area (Å²) in [5.74, 6) is 0.556. The molecule has 0 spiro atoms. The van der Waals surface area contributed by atoms with Gasteiger partial charge in [-0.3, -0.25) is 4.79 Å². The average Bonchev–Trinajstić information content (AvgIpc) is 3.25. The number of anilines is 2. The van der Waals surface area contributed by atoms with Crippen LogP contribution in [-0.4, -0.2) is 36.5 Å². The molecule has 3 aromatic carbocycles. The third-order valence-electron chi connectivity index (χ3n) is 5.21. The first-order chi connectivity index (χ1) is 14.2. The number of amides is 3. The molecule has 1 atom stereocenters. The predicted molar refractivity (Wildman–Crippen MR) is 114 cm³/mol. The van der Waals surface area contributed by atoms with Gasteiger partial charge in [-0.2, -0.15) is 0 Å². The van der Waals surface area contributed by atoms with Gasteiger partial charge in [-0.15, -0.1) is 0 Å². The SMILES string of the molecule is COc1ccc(NC(=O)N2CCC[C@@H]2C(=O)Nc2cccc3ccccc23)cc1. The second-order valence-electron chi connectivity index (χ2n) is 7.03. The van der Waals surface area contributed by atoms with Crippen LogP contribution < -0.4 is 15.4 Å². The lowest BCUT2D eigenvalue weighted by Crippen LogP contribution is -2.45. The van der Waals surface area contributed by atoms with Crippen molar-refractivity contribution in [3.63, 3.8) is 0 Å². The Balaban J connectivity index is 1.46. The molecule has 6 heteroatoms. The Kier molecular flexibility index (Phi) is 5.33. The minimum atomic E-state index is -0.493. The Labute approximate surface area is 169 Å². The molecule has 3 amide bonds. The van der Waals surface area contributed by atoms with Gasteiger partial charge in [0.05, 0.1) is 7.11 Å². The lowest BCUT2D eigenvalue weighted by Gasteiger charge is -2.24. The fourth-order valence-corrected chi connectivity index (χ4v) is 3.70. The molecule has 3 aromatic rings. The Morgan fingerprint density at radius 3 is 2.52 bits per heavy atom. The summed E-state index contributed by atoms with van der Waals surface area (Å²) in [4.78, 5) is 27.3. The molecule has 0 bridgehead atoms. The topological polar surface area (TPSA) is 70.7 Å². The van der Waals surface area contributed by atoms with Crippen molar-refractivity contribution in [2.75, 3.05) is 24.3 Å². The number of nitrogens with one attached hydrogen (secondary N) is 2. The molecule has 29 heavy (non-hydrogen) atoms. The van der Waals surface area contributed by atoms with E-state index in [1.807, 2.05) is 42.5 Å². The van der Waals surface area contributed by atoms with Crippen LogP contribution in [0.4, 0.5) is 16.2 Å². The maximum absolute atomic E-state index is 13.0. The summed E-state index contributed by atoms with van der Waals surface area (Å²) in [5, 5.41) is 7.92. The van der Waals surface area contributed by atoms with Crippen LogP contribution in [0.1, 0.15) is 12.8 Å². The van der Waals surface area contributed by atoms with Gasteiger partial charge in [0, 0.05) is 23.3 Å². The van der Waals surface area contributed by atoms with Crippen LogP contribution in [-0.2, 0) is 4.79 Å². The first kappa shape index (κ1) is 18.8. The number of likely N-dealkylation sites (tertiary alicyclic amines) is 1. The molecular formula is C23H23N3O3. The van der Waals surface area contributed by atoms with Crippen LogP contribution in [0.15, 0.2) is 66.7 Å². The van der Waals surface area contributed by atoms with Gasteiger partial charge in [-0.25, -0.2) is 4.79 Å². The normalized spacial score (nSPS) is 15.9. The van der Waals surface area contributed by atoms with Gasteiger partial charge in [0.25, 0.3) is 0 Å². The highest BCUT2D eigenvalue weighted by Crippen LogP contribution is 2.26. The van der Waals surface area contributed by atoms with E-state index in [0.717, 1.165) is 28.6 Å². The van der Waals surface area contributed by atoms with E-state index in [1.54, 1.807) is 36.3 Å². The highest BCUT2D eigenvalue weighted by atomic mass is 16.5. The van der Waals surface area contributed by atoms with E-state index in [2.05, 4.69) is 10.6 Å². The molecule has 1 fully saturated rings. The Bertz CT molecular complexity index is 1030. The number of hydrogen-bond acceptors (Lipinski definition) is 3. The van der Waals surface area contributed by atoms with Crippen LogP contribution in [0, 0.1) is 0 Å². The van der Waals surface area contributed by atoms with Crippen LogP contribution in [0.3, 0.4) is 0 Å². The van der Waals surface area contributed by atoms with E-state index in [9.17, 15) is 9.59 Å². The first-order valence-electron chi connectivity index (χ1n) is 9.66. The van der Waals surface area contributed by atoms with Crippen LogP contribution >= 0.6 is 0 Å². The molecule has 1 aliphatic rings. The number of carbonyl (C=O) groups excluding carboxylic acids is 2. The smallest absolute Gasteiger partial charge is 0.322 e. The number of methoxy groups -OCH3 is 1. The van der Waals surface area contributed by atoms with E-state index >= 15 is 0 Å². The highest BCUT2D eigenvalue weighted by molar-refractivity contribution is 6.05. The van der Waals surface area contributed by atoms with Crippen molar-refractivity contribution < 1.29 is 14.3 Å². The second kappa shape index (κ2) is 8.22. The second-order valence-corrected chi connectivity index (χ2v) is 7.03. The maximum Gasteiger partial charge on any atom is 0.322 e. The monoisotopic (exact) mass is 389 g/mol. The predicted octanol–water partition coefficient (Wildman–Crippen LogP) is 4.48. The summed E-state index contributed by atoms with van der Waals surface area (Å²) < 4.78 is 5.13. The number of fused-ring (bicyclic) bond motifs is 1. The summed E-state index contributed by atoms with van der Waals surface area (Å²) in [6.45, 7) is 0.551. The third-order valence-corrected chi connectivity index (χ3v) is 5.21. The average molecular weight is 389 g/mol. The molecule has 0 unspecified atom stereocenters. The molecule has 1 saturated heterocycles. The number of rotatable bonds is 4. The van der Waals surface area contributed by atoms with Crippen molar-refractivity contribution in [3.05, 3.63) is 66.7 Å². The molecule has 6 nitrogen and oxygen atoms in total. The standard InChI is InChI=1S/C23H23N3O3/c1-29-18-13-11-17(12-14-18)24-23(28)26-15-5-10-21(26)22(27)25-20-9-4-7-16-6-2-3-8-19(16)20/h2-4,6-9,11-14,21H,5,10,15H2,1H3,(H,24,28)(H,25,27)/t21-/m1/s1. The van der Waals surface area contributed by atoms with Crippen LogP contribution in [0.25, 0.3) is 10.8 Å². The van der Waals surface area contributed by atoms with Crippen LogP contribution in [0.5, 0.6) is 5.75 Å². The molecular weight excluding hydrogens is 366 g/mol. The van der Waals surface area contributed by atoms with E-state index in [-0.39, 0.29) is 11.9 Å². The minimum Gasteiger partial charge on any atom is -0.497 e. The quantitative estimate of drug-likeness (QED) is 0.691. The molecule has 0 aliphatic carbocycles. The van der Waals surface area contributed by atoms with Crippen LogP contribution in [0.2, 0.25) is 0 Å². The number of carbonyl (C=O) groups is 2. The fraction of sp³-hybridized carbons (Fsp3) is 0.217. The van der Waals surface area contributed by atoms with Crippen molar-refractivity contribution in [2.45, 2.75) is 18.9 Å². The number of benzene rings is 3. The molecule has 0 radical (unpaired) electrons. The van der Waals surface area contributed by atoms with E-state index in [0.29, 0.717) is 18.7 Å². The molecule has 0 aromatic heterocycles. The zero-order valence-corrected chi connectivity index (χ0v) is 16.2. The lowest BCUT2D eigenvalue weighted by molar-refractivity contribution is -0.119. The van der Waals surface area contributed by atoms with Crippen molar-refractivity contribution in [1.82, 2.24) is 4.90 Å². The molecule has 0 saturated carbocycles. The summed E-state index contributed by atoms with van der Waals surface area (Å²) in [6.07, 6.45) is 1.44. The molecule has 148 valence electrons. The largest absolute Gasteiger partial charge is 0.497 e. The van der Waals surface area contributed by atoms with E-state index in [1.165, 1.54) is 0 Å². The molecule has 1 heterocycles. The van der Waals surface area contributed by atoms with Crippen molar-refractivity contribution >= 4 is 34.1 Å². The first-order valence-corrected chi connectivity index (χ1v) is 9.66. The van der Waals surface area contributed by atoms with Gasteiger partial charge < -0.3 is 20.3 Å². The summed E-state index contributed by atoms with van der Waals surface area (Å²) in [6, 6.07) is 20.1. The Morgan fingerprint density at radius 2 is 1.72 bits per heavy atom.